The van der Waals surface area contributed by atoms with Gasteiger partial charge in [-0.05, 0) is 105 Å². The number of hydrogen-bond acceptors (Lipinski definition) is 5. The third-order valence-electron chi connectivity index (χ3n) is 7.87. The van der Waals surface area contributed by atoms with E-state index in [0.717, 1.165) is 38.2 Å². The summed E-state index contributed by atoms with van der Waals surface area (Å²) >= 11 is 13.9. The van der Waals surface area contributed by atoms with Crippen LogP contribution in [0.2, 0.25) is 5.02 Å². The first kappa shape index (κ1) is 28.9. The summed E-state index contributed by atoms with van der Waals surface area (Å²) in [7, 11) is 0. The van der Waals surface area contributed by atoms with Crippen molar-refractivity contribution in [3.63, 3.8) is 0 Å². The van der Waals surface area contributed by atoms with Crippen molar-refractivity contribution in [2.45, 2.75) is 42.6 Å². The van der Waals surface area contributed by atoms with E-state index < -0.39 is 0 Å². The average molecular weight is 626 g/mol. The molecular formula is C33H28ClN5O2S2. The minimum atomic E-state index is -0.390. The lowest BCUT2D eigenvalue weighted by molar-refractivity contribution is -0.384. The first-order valence-corrected chi connectivity index (χ1v) is 15.3. The number of aromatic nitrogens is 2. The fourth-order valence-electron chi connectivity index (χ4n) is 5.82. The standard InChI is InChI=1S/C33H28ClN5O2S2/c1-20-21(2)37(26-8-6-7-23(34)19-26)22(3)30(20)32-31(29-9-4-5-18-35-29)36-33(42)38(32)24-10-14-27(15-11-24)43-28-16-12-25(13-17-28)39(40)41/h4-19,31-32H,1-3H3,(H,36,42)/t31-,32-/m0/s1. The number of nitrogens with zero attached hydrogens (tertiary/aromatic N) is 4. The van der Waals surface area contributed by atoms with Crippen molar-refractivity contribution in [3.8, 4) is 5.69 Å². The minimum Gasteiger partial charge on any atom is -0.351 e. The Kier molecular flexibility index (Phi) is 7.96. The molecule has 7 nitrogen and oxygen atoms in total. The van der Waals surface area contributed by atoms with Crippen LogP contribution in [-0.2, 0) is 0 Å². The Bertz CT molecular complexity index is 1830. The second-order valence-electron chi connectivity index (χ2n) is 10.4. The summed E-state index contributed by atoms with van der Waals surface area (Å²) < 4.78 is 2.26. The fraction of sp³-hybridized carbons (Fsp3) is 0.152. The maximum atomic E-state index is 11.0. The molecule has 1 saturated heterocycles. The summed E-state index contributed by atoms with van der Waals surface area (Å²) in [5, 5.41) is 15.9. The van der Waals surface area contributed by atoms with Crippen molar-refractivity contribution >= 4 is 52.1 Å². The Morgan fingerprint density at radius 2 is 1.60 bits per heavy atom. The summed E-state index contributed by atoms with van der Waals surface area (Å²) in [5.74, 6) is 0. The van der Waals surface area contributed by atoms with Crippen LogP contribution in [0.15, 0.2) is 107 Å². The maximum Gasteiger partial charge on any atom is 0.269 e. The van der Waals surface area contributed by atoms with Gasteiger partial charge in [0, 0.05) is 61.5 Å². The van der Waals surface area contributed by atoms with Gasteiger partial charge in [-0.3, -0.25) is 15.1 Å². The number of rotatable bonds is 7. The Labute approximate surface area is 264 Å². The third kappa shape index (κ3) is 5.51. The van der Waals surface area contributed by atoms with Crippen LogP contribution in [-0.4, -0.2) is 19.6 Å². The molecule has 1 N–H and O–H groups in total. The molecule has 1 aliphatic rings. The molecule has 216 valence electrons. The monoisotopic (exact) mass is 625 g/mol. The van der Waals surface area contributed by atoms with Crippen LogP contribution in [0, 0.1) is 30.9 Å². The topological polar surface area (TPSA) is 76.2 Å². The summed E-state index contributed by atoms with van der Waals surface area (Å²) in [6, 6.07) is 28.4. The molecule has 0 unspecified atom stereocenters. The number of non-ortho nitro benzene ring substituents is 1. The van der Waals surface area contributed by atoms with Gasteiger partial charge in [0.05, 0.1) is 22.7 Å². The zero-order valence-corrected chi connectivity index (χ0v) is 26.1. The van der Waals surface area contributed by atoms with Crippen molar-refractivity contribution in [2.75, 3.05) is 4.90 Å². The molecule has 10 heteroatoms. The lowest BCUT2D eigenvalue weighted by Gasteiger charge is -2.29. The van der Waals surface area contributed by atoms with Crippen LogP contribution in [0.25, 0.3) is 5.69 Å². The molecule has 0 amide bonds. The predicted octanol–water partition coefficient (Wildman–Crippen LogP) is 8.69. The zero-order chi connectivity index (χ0) is 30.2. The summed E-state index contributed by atoms with van der Waals surface area (Å²) in [4.78, 5) is 19.5. The van der Waals surface area contributed by atoms with E-state index in [1.807, 2.05) is 42.6 Å². The van der Waals surface area contributed by atoms with Gasteiger partial charge in [-0.15, -0.1) is 0 Å². The number of hydrogen-bond donors (Lipinski definition) is 1. The number of halogens is 1. The van der Waals surface area contributed by atoms with Crippen molar-refractivity contribution in [2.24, 2.45) is 0 Å². The second kappa shape index (κ2) is 11.8. The van der Waals surface area contributed by atoms with Gasteiger partial charge in [-0.2, -0.15) is 0 Å². The highest BCUT2D eigenvalue weighted by Gasteiger charge is 2.43. The quantitative estimate of drug-likeness (QED) is 0.110. The normalized spacial score (nSPS) is 16.4. The molecule has 3 aromatic carbocycles. The van der Waals surface area contributed by atoms with Crippen LogP contribution in [0.3, 0.4) is 0 Å². The van der Waals surface area contributed by atoms with Crippen LogP contribution < -0.4 is 10.2 Å². The number of pyridine rings is 1. The zero-order valence-electron chi connectivity index (χ0n) is 23.7. The summed E-state index contributed by atoms with van der Waals surface area (Å²) in [6.07, 6.45) is 1.81. The molecular weight excluding hydrogens is 598 g/mol. The number of nitro benzene ring substituents is 1. The molecule has 1 fully saturated rings. The van der Waals surface area contributed by atoms with E-state index >= 15 is 0 Å². The van der Waals surface area contributed by atoms with E-state index in [9.17, 15) is 10.1 Å². The van der Waals surface area contributed by atoms with Crippen LogP contribution in [0.1, 0.15) is 40.3 Å². The number of nitrogens with one attached hydrogen (secondary N) is 1. The molecule has 3 heterocycles. The highest BCUT2D eigenvalue weighted by atomic mass is 35.5. The SMILES string of the molecule is Cc1c([C@H]2[C@H](c3ccccn3)NC(=S)N2c2ccc(Sc3ccc([N+](=O)[O-])cc3)cc2)c(C)n(-c2cccc(Cl)c2)c1C. The van der Waals surface area contributed by atoms with Crippen molar-refractivity contribution in [1.29, 1.82) is 0 Å². The van der Waals surface area contributed by atoms with E-state index in [-0.39, 0.29) is 22.7 Å². The Hall–Kier alpha value is -4.18. The molecule has 0 saturated carbocycles. The smallest absolute Gasteiger partial charge is 0.269 e. The Balaban J connectivity index is 1.40. The third-order valence-corrected chi connectivity index (χ3v) is 9.43. The van der Waals surface area contributed by atoms with Gasteiger partial charge < -0.3 is 14.8 Å². The number of nitro groups is 1. The number of benzene rings is 3. The average Bonchev–Trinajstić information content (AvgIpc) is 3.45. The van der Waals surface area contributed by atoms with Gasteiger partial charge in [0.15, 0.2) is 5.11 Å². The van der Waals surface area contributed by atoms with Gasteiger partial charge in [-0.1, -0.05) is 35.5 Å². The number of thiocarbonyl (C=S) groups is 1. The van der Waals surface area contributed by atoms with Gasteiger partial charge in [-0.25, -0.2) is 0 Å². The molecule has 2 aromatic heterocycles. The molecule has 0 bridgehead atoms. The summed E-state index contributed by atoms with van der Waals surface area (Å²) in [6.45, 7) is 6.45. The van der Waals surface area contributed by atoms with Gasteiger partial charge in [0.1, 0.15) is 0 Å². The summed E-state index contributed by atoms with van der Waals surface area (Å²) in [5.41, 5.74) is 7.59. The van der Waals surface area contributed by atoms with E-state index in [1.54, 1.807) is 23.9 Å². The Morgan fingerprint density at radius 3 is 2.23 bits per heavy atom. The maximum absolute atomic E-state index is 11.0. The highest BCUT2D eigenvalue weighted by Crippen LogP contribution is 2.46. The van der Waals surface area contributed by atoms with Crippen molar-refractivity contribution in [1.82, 2.24) is 14.9 Å². The molecule has 5 aromatic rings. The molecule has 6 rings (SSSR count). The van der Waals surface area contributed by atoms with Crippen molar-refractivity contribution in [3.05, 3.63) is 141 Å². The first-order valence-electron chi connectivity index (χ1n) is 13.7. The molecule has 0 radical (unpaired) electrons. The van der Waals surface area contributed by atoms with E-state index in [1.165, 1.54) is 23.3 Å². The largest absolute Gasteiger partial charge is 0.351 e. The first-order chi connectivity index (χ1) is 20.7. The molecule has 0 spiro atoms. The molecule has 1 aliphatic heterocycles. The van der Waals surface area contributed by atoms with Crippen LogP contribution in [0.5, 0.6) is 0 Å². The minimum absolute atomic E-state index is 0.0771. The van der Waals surface area contributed by atoms with E-state index in [4.69, 9.17) is 28.8 Å². The lowest BCUT2D eigenvalue weighted by Crippen LogP contribution is -2.29. The van der Waals surface area contributed by atoms with Gasteiger partial charge >= 0.3 is 0 Å². The van der Waals surface area contributed by atoms with E-state index in [0.29, 0.717) is 10.1 Å². The second-order valence-corrected chi connectivity index (χ2v) is 12.3. The van der Waals surface area contributed by atoms with E-state index in [2.05, 4.69) is 65.9 Å². The Morgan fingerprint density at radius 1 is 0.907 bits per heavy atom. The molecule has 43 heavy (non-hydrogen) atoms. The van der Waals surface area contributed by atoms with Crippen LogP contribution >= 0.6 is 35.6 Å². The lowest BCUT2D eigenvalue weighted by atomic mass is 9.93. The molecule has 2 atom stereocenters. The van der Waals surface area contributed by atoms with Gasteiger partial charge in [0.25, 0.3) is 5.69 Å². The fourth-order valence-corrected chi connectivity index (χ4v) is 7.16. The van der Waals surface area contributed by atoms with Gasteiger partial charge in [0.2, 0.25) is 0 Å². The van der Waals surface area contributed by atoms with Crippen molar-refractivity contribution < 1.29 is 4.92 Å². The number of anilines is 1. The highest BCUT2D eigenvalue weighted by molar-refractivity contribution is 7.99. The molecule has 0 aliphatic carbocycles. The van der Waals surface area contributed by atoms with Crippen LogP contribution in [0.4, 0.5) is 11.4 Å². The predicted molar refractivity (Wildman–Crippen MR) is 177 cm³/mol.